The number of fused-ring (bicyclic) bond motifs is 3. The molecule has 4 aromatic rings. The first-order valence-corrected chi connectivity index (χ1v) is 10.1. The van der Waals surface area contributed by atoms with Crippen molar-refractivity contribution < 1.29 is 4.79 Å². The maximum atomic E-state index is 12.9. The highest BCUT2D eigenvalue weighted by Crippen LogP contribution is 2.29. The molecule has 7 nitrogen and oxygen atoms in total. The lowest BCUT2D eigenvalue weighted by Crippen LogP contribution is -2.35. The summed E-state index contributed by atoms with van der Waals surface area (Å²) < 4.78 is 4.26. The zero-order valence-corrected chi connectivity index (χ0v) is 16.6. The standard InChI is InChI=1S/C20H21N5O2S/c1-3-14-8-15-17(28-14)9-16-20(27)24(23-18(4-2)25(15)16)12-19(26)22-11-13-6-5-7-21-10-13/h5-10H,3-4,11-12H2,1-2H3,(H,22,26). The third-order valence-corrected chi connectivity index (χ3v) is 5.87. The van der Waals surface area contributed by atoms with Gasteiger partial charge in [-0.05, 0) is 30.2 Å². The molecule has 144 valence electrons. The SMILES string of the molecule is CCc1cc2c(cc3c(=O)n(CC(=O)NCc4cccnc4)nc(CC)n32)s1. The Morgan fingerprint density at radius 3 is 2.79 bits per heavy atom. The molecule has 8 heteroatoms. The number of thiophene rings is 1. The van der Waals surface area contributed by atoms with E-state index in [-0.39, 0.29) is 18.0 Å². The Bertz CT molecular complexity index is 1210. The van der Waals surface area contributed by atoms with E-state index in [0.29, 0.717) is 18.5 Å². The Hall–Kier alpha value is -3.00. The van der Waals surface area contributed by atoms with Crippen molar-refractivity contribution in [3.63, 3.8) is 0 Å². The molecule has 0 bridgehead atoms. The average Bonchev–Trinajstić information content (AvgIpc) is 3.27. The van der Waals surface area contributed by atoms with Crippen LogP contribution >= 0.6 is 11.3 Å². The Kier molecular flexibility index (Phi) is 4.95. The zero-order chi connectivity index (χ0) is 19.7. The number of rotatable bonds is 6. The smallest absolute Gasteiger partial charge is 0.291 e. The number of pyridine rings is 1. The minimum absolute atomic E-state index is 0.109. The van der Waals surface area contributed by atoms with E-state index < -0.39 is 0 Å². The van der Waals surface area contributed by atoms with E-state index in [0.717, 1.165) is 28.0 Å². The van der Waals surface area contributed by atoms with Gasteiger partial charge in [-0.2, -0.15) is 5.10 Å². The first-order chi connectivity index (χ1) is 13.6. The summed E-state index contributed by atoms with van der Waals surface area (Å²) in [4.78, 5) is 30.6. The summed E-state index contributed by atoms with van der Waals surface area (Å²) in [5, 5.41) is 7.28. The summed E-state index contributed by atoms with van der Waals surface area (Å²) in [7, 11) is 0. The second-order valence-electron chi connectivity index (χ2n) is 6.55. The molecule has 0 aromatic carbocycles. The summed E-state index contributed by atoms with van der Waals surface area (Å²) in [6.07, 6.45) is 5.01. The van der Waals surface area contributed by atoms with Crippen LogP contribution in [0.2, 0.25) is 0 Å². The molecule has 0 radical (unpaired) electrons. The molecule has 0 saturated carbocycles. The molecule has 4 aromatic heterocycles. The molecule has 1 N–H and O–H groups in total. The highest BCUT2D eigenvalue weighted by atomic mass is 32.1. The van der Waals surface area contributed by atoms with Crippen LogP contribution in [0.15, 0.2) is 41.5 Å². The van der Waals surface area contributed by atoms with E-state index in [9.17, 15) is 9.59 Å². The predicted octanol–water partition coefficient (Wildman–Crippen LogP) is 2.55. The molecular formula is C20H21N5O2S. The second kappa shape index (κ2) is 7.55. The monoisotopic (exact) mass is 395 g/mol. The summed E-state index contributed by atoms with van der Waals surface area (Å²) in [5.41, 5.74) is 2.23. The minimum atomic E-state index is -0.258. The van der Waals surface area contributed by atoms with Crippen molar-refractivity contribution in [1.82, 2.24) is 24.5 Å². The fourth-order valence-corrected chi connectivity index (χ4v) is 4.27. The van der Waals surface area contributed by atoms with Crippen molar-refractivity contribution >= 4 is 33.0 Å². The summed E-state index contributed by atoms with van der Waals surface area (Å²) >= 11 is 1.69. The Labute approximate surface area is 165 Å². The number of nitrogens with one attached hydrogen (secondary N) is 1. The van der Waals surface area contributed by atoms with Crippen molar-refractivity contribution in [2.24, 2.45) is 0 Å². The van der Waals surface area contributed by atoms with Crippen LogP contribution in [0, 0.1) is 0 Å². The number of hydrogen-bond donors (Lipinski definition) is 1. The third-order valence-electron chi connectivity index (χ3n) is 4.66. The predicted molar refractivity (Wildman–Crippen MR) is 110 cm³/mol. The molecule has 4 heterocycles. The van der Waals surface area contributed by atoms with Gasteiger partial charge in [-0.3, -0.25) is 19.0 Å². The first-order valence-electron chi connectivity index (χ1n) is 9.30. The molecule has 0 spiro atoms. The van der Waals surface area contributed by atoms with Crippen LogP contribution in [0.3, 0.4) is 0 Å². The number of aromatic nitrogens is 4. The molecule has 0 saturated heterocycles. The Balaban J connectivity index is 1.65. The van der Waals surface area contributed by atoms with Gasteiger partial charge in [-0.25, -0.2) is 4.68 Å². The molecule has 0 atom stereocenters. The van der Waals surface area contributed by atoms with E-state index in [1.807, 2.05) is 29.5 Å². The molecule has 0 aliphatic rings. The van der Waals surface area contributed by atoms with Crippen molar-refractivity contribution in [3.8, 4) is 0 Å². The Morgan fingerprint density at radius 1 is 1.21 bits per heavy atom. The largest absolute Gasteiger partial charge is 0.350 e. The maximum absolute atomic E-state index is 12.9. The van der Waals surface area contributed by atoms with Gasteiger partial charge in [-0.1, -0.05) is 19.9 Å². The molecule has 28 heavy (non-hydrogen) atoms. The molecular weight excluding hydrogens is 374 g/mol. The summed E-state index contributed by atoms with van der Waals surface area (Å²) in [6, 6.07) is 7.73. The normalized spacial score (nSPS) is 11.4. The maximum Gasteiger partial charge on any atom is 0.291 e. The van der Waals surface area contributed by atoms with E-state index in [2.05, 4.69) is 28.4 Å². The van der Waals surface area contributed by atoms with Crippen molar-refractivity contribution in [1.29, 1.82) is 0 Å². The number of carbonyl (C=O) groups is 1. The average molecular weight is 395 g/mol. The van der Waals surface area contributed by atoms with Crippen LogP contribution in [0.4, 0.5) is 0 Å². The quantitative estimate of drug-likeness (QED) is 0.544. The van der Waals surface area contributed by atoms with Gasteiger partial charge in [0.05, 0.1) is 10.2 Å². The van der Waals surface area contributed by atoms with Crippen LogP contribution in [0.25, 0.3) is 15.7 Å². The van der Waals surface area contributed by atoms with Gasteiger partial charge in [0.2, 0.25) is 5.91 Å². The second-order valence-corrected chi connectivity index (χ2v) is 7.72. The Morgan fingerprint density at radius 2 is 2.07 bits per heavy atom. The number of hydrogen-bond acceptors (Lipinski definition) is 5. The number of nitrogens with zero attached hydrogens (tertiary/aromatic N) is 4. The lowest BCUT2D eigenvalue weighted by atomic mass is 10.3. The summed E-state index contributed by atoms with van der Waals surface area (Å²) in [5.74, 6) is 0.511. The fraction of sp³-hybridized carbons (Fsp3) is 0.300. The molecule has 0 fully saturated rings. The molecule has 4 rings (SSSR count). The van der Waals surface area contributed by atoms with E-state index in [1.54, 1.807) is 23.7 Å². The van der Waals surface area contributed by atoms with Crippen molar-refractivity contribution in [2.75, 3.05) is 0 Å². The van der Waals surface area contributed by atoms with E-state index in [1.165, 1.54) is 9.56 Å². The third kappa shape index (κ3) is 3.31. The van der Waals surface area contributed by atoms with Gasteiger partial charge in [0.15, 0.2) is 0 Å². The van der Waals surface area contributed by atoms with Crippen LogP contribution in [-0.2, 0) is 30.7 Å². The van der Waals surface area contributed by atoms with Gasteiger partial charge < -0.3 is 5.32 Å². The van der Waals surface area contributed by atoms with Gasteiger partial charge in [0.1, 0.15) is 17.9 Å². The van der Waals surface area contributed by atoms with Gasteiger partial charge in [0.25, 0.3) is 5.56 Å². The van der Waals surface area contributed by atoms with Crippen molar-refractivity contribution in [2.45, 2.75) is 39.8 Å². The highest BCUT2D eigenvalue weighted by Gasteiger charge is 2.17. The highest BCUT2D eigenvalue weighted by molar-refractivity contribution is 7.19. The number of aryl methyl sites for hydroxylation is 2. The van der Waals surface area contributed by atoms with Crippen LogP contribution < -0.4 is 10.9 Å². The van der Waals surface area contributed by atoms with E-state index >= 15 is 0 Å². The lowest BCUT2D eigenvalue weighted by molar-refractivity contribution is -0.122. The number of carbonyl (C=O) groups excluding carboxylic acids is 1. The minimum Gasteiger partial charge on any atom is -0.350 e. The summed E-state index contributed by atoms with van der Waals surface area (Å²) in [6.45, 7) is 4.37. The fourth-order valence-electron chi connectivity index (χ4n) is 3.25. The van der Waals surface area contributed by atoms with Gasteiger partial charge >= 0.3 is 0 Å². The zero-order valence-electron chi connectivity index (χ0n) is 15.8. The molecule has 1 amide bonds. The van der Waals surface area contributed by atoms with Crippen molar-refractivity contribution in [3.05, 3.63) is 63.3 Å². The van der Waals surface area contributed by atoms with E-state index in [4.69, 9.17) is 0 Å². The molecule has 0 unspecified atom stereocenters. The van der Waals surface area contributed by atoms with Crippen LogP contribution in [-0.4, -0.2) is 25.1 Å². The molecule has 0 aliphatic carbocycles. The lowest BCUT2D eigenvalue weighted by Gasteiger charge is -2.10. The topological polar surface area (TPSA) is 81.3 Å². The first kappa shape index (κ1) is 18.4. The van der Waals surface area contributed by atoms with Crippen LogP contribution in [0.1, 0.15) is 30.1 Å². The van der Waals surface area contributed by atoms with Gasteiger partial charge in [-0.15, -0.1) is 11.3 Å². The van der Waals surface area contributed by atoms with Crippen LogP contribution in [0.5, 0.6) is 0 Å². The molecule has 0 aliphatic heterocycles. The number of amides is 1. The van der Waals surface area contributed by atoms with Gasteiger partial charge in [0, 0.05) is 30.2 Å².